The van der Waals surface area contributed by atoms with Crippen molar-refractivity contribution in [1.29, 1.82) is 0 Å². The molecule has 0 aliphatic rings. The highest BCUT2D eigenvalue weighted by atomic mass is 19.1. The first-order valence-electron chi connectivity index (χ1n) is 7.74. The summed E-state index contributed by atoms with van der Waals surface area (Å²) in [6.45, 7) is 1.25. The van der Waals surface area contributed by atoms with Crippen LogP contribution in [0.4, 0.5) is 4.39 Å². The van der Waals surface area contributed by atoms with E-state index in [1.165, 1.54) is 17.7 Å². The van der Waals surface area contributed by atoms with Gasteiger partial charge < -0.3 is 9.88 Å². The number of aromatic nitrogens is 2. The molecule has 1 heterocycles. The van der Waals surface area contributed by atoms with Crippen LogP contribution < -0.4 is 5.32 Å². The zero-order valence-corrected chi connectivity index (χ0v) is 13.2. The van der Waals surface area contributed by atoms with Gasteiger partial charge in [0.2, 0.25) is 5.91 Å². The number of carbonyl (C=O) groups excluding carboxylic acids is 1. The minimum atomic E-state index is -0.296. The zero-order chi connectivity index (χ0) is 16.8. The maximum absolute atomic E-state index is 12.8. The fraction of sp³-hybridized carbons (Fsp3) is 0.158. The summed E-state index contributed by atoms with van der Waals surface area (Å²) >= 11 is 0. The Morgan fingerprint density at radius 1 is 1.00 bits per heavy atom. The Bertz CT molecular complexity index is 780. The number of benzene rings is 2. The quantitative estimate of drug-likeness (QED) is 0.758. The summed E-state index contributed by atoms with van der Waals surface area (Å²) in [4.78, 5) is 16.0. The van der Waals surface area contributed by atoms with Crippen molar-refractivity contribution in [3.8, 4) is 0 Å². The van der Waals surface area contributed by atoms with E-state index < -0.39 is 0 Å². The molecule has 0 bridgehead atoms. The molecule has 3 rings (SSSR count). The molecule has 1 aromatic heterocycles. The third kappa shape index (κ3) is 4.52. The van der Waals surface area contributed by atoms with Gasteiger partial charge in [-0.3, -0.25) is 4.79 Å². The first-order chi connectivity index (χ1) is 11.7. The maximum atomic E-state index is 12.8. The van der Waals surface area contributed by atoms with E-state index in [4.69, 9.17) is 0 Å². The third-order valence-corrected chi connectivity index (χ3v) is 3.71. The minimum Gasteiger partial charge on any atom is -0.352 e. The van der Waals surface area contributed by atoms with Gasteiger partial charge in [-0.05, 0) is 28.8 Å². The summed E-state index contributed by atoms with van der Waals surface area (Å²) < 4.78 is 14.8. The van der Waals surface area contributed by atoms with E-state index in [1.807, 2.05) is 35.0 Å². The van der Waals surface area contributed by atoms with Gasteiger partial charge in [-0.2, -0.15) is 0 Å². The van der Waals surface area contributed by atoms with Crippen molar-refractivity contribution in [3.63, 3.8) is 0 Å². The Morgan fingerprint density at radius 2 is 1.67 bits per heavy atom. The summed E-state index contributed by atoms with van der Waals surface area (Å²) in [7, 11) is 0. The number of imidazole rings is 1. The van der Waals surface area contributed by atoms with Crippen molar-refractivity contribution in [2.24, 2.45) is 0 Å². The van der Waals surface area contributed by atoms with Crippen molar-refractivity contribution in [2.45, 2.75) is 19.5 Å². The lowest BCUT2D eigenvalue weighted by atomic mass is 10.1. The van der Waals surface area contributed by atoms with Gasteiger partial charge in [-0.25, -0.2) is 9.37 Å². The van der Waals surface area contributed by atoms with Gasteiger partial charge in [0.05, 0.1) is 12.7 Å². The summed E-state index contributed by atoms with van der Waals surface area (Å²) in [5, 5.41) is 2.88. The first kappa shape index (κ1) is 15.9. The van der Waals surface area contributed by atoms with Crippen LogP contribution >= 0.6 is 0 Å². The van der Waals surface area contributed by atoms with Crippen LogP contribution in [0.25, 0.3) is 0 Å². The van der Waals surface area contributed by atoms with E-state index in [0.717, 1.165) is 17.7 Å². The lowest BCUT2D eigenvalue weighted by molar-refractivity contribution is -0.120. The highest BCUT2D eigenvalue weighted by molar-refractivity contribution is 5.78. The Hall–Kier alpha value is -2.95. The van der Waals surface area contributed by atoms with E-state index in [2.05, 4.69) is 10.3 Å². The summed E-state index contributed by atoms with van der Waals surface area (Å²) in [6, 6.07) is 14.1. The molecular weight excluding hydrogens is 305 g/mol. The number of halogens is 1. The number of nitrogens with one attached hydrogen (secondary N) is 1. The molecular formula is C19H18FN3O. The van der Waals surface area contributed by atoms with Crippen LogP contribution in [-0.2, 0) is 24.3 Å². The van der Waals surface area contributed by atoms with E-state index in [0.29, 0.717) is 6.54 Å². The fourth-order valence-corrected chi connectivity index (χ4v) is 2.40. The molecule has 0 saturated heterocycles. The van der Waals surface area contributed by atoms with Crippen molar-refractivity contribution in [3.05, 3.63) is 89.8 Å². The van der Waals surface area contributed by atoms with Gasteiger partial charge in [0.25, 0.3) is 0 Å². The van der Waals surface area contributed by atoms with Crippen LogP contribution in [0.5, 0.6) is 0 Å². The average molecular weight is 323 g/mol. The standard InChI is InChI=1S/C19H18FN3O/c20-18-7-5-15(6-8-18)11-19(24)22-12-16-1-3-17(4-2-16)13-23-10-9-21-14-23/h1-10,14H,11-13H2,(H,22,24). The lowest BCUT2D eigenvalue weighted by Gasteiger charge is -2.07. The second kappa shape index (κ2) is 7.55. The van der Waals surface area contributed by atoms with Gasteiger partial charge in [0.1, 0.15) is 5.82 Å². The van der Waals surface area contributed by atoms with E-state index in [-0.39, 0.29) is 18.1 Å². The normalized spacial score (nSPS) is 10.5. The predicted octanol–water partition coefficient (Wildman–Crippen LogP) is 2.93. The molecule has 0 atom stereocenters. The molecule has 24 heavy (non-hydrogen) atoms. The molecule has 3 aromatic rings. The molecule has 0 fully saturated rings. The molecule has 0 unspecified atom stereocenters. The van der Waals surface area contributed by atoms with Crippen molar-refractivity contribution in [2.75, 3.05) is 0 Å². The average Bonchev–Trinajstić information content (AvgIpc) is 3.09. The maximum Gasteiger partial charge on any atom is 0.224 e. The highest BCUT2D eigenvalue weighted by Gasteiger charge is 2.04. The molecule has 0 aliphatic heterocycles. The third-order valence-electron chi connectivity index (χ3n) is 3.71. The largest absolute Gasteiger partial charge is 0.352 e. The molecule has 122 valence electrons. The molecule has 0 radical (unpaired) electrons. The van der Waals surface area contributed by atoms with Crippen LogP contribution in [0, 0.1) is 5.82 Å². The van der Waals surface area contributed by atoms with Gasteiger partial charge in [0.15, 0.2) is 0 Å². The molecule has 4 nitrogen and oxygen atoms in total. The molecule has 0 saturated carbocycles. The monoisotopic (exact) mass is 323 g/mol. The van der Waals surface area contributed by atoms with Crippen LogP contribution in [0.1, 0.15) is 16.7 Å². The number of hydrogen-bond donors (Lipinski definition) is 1. The van der Waals surface area contributed by atoms with Crippen LogP contribution in [0.2, 0.25) is 0 Å². The van der Waals surface area contributed by atoms with Gasteiger partial charge in [-0.1, -0.05) is 36.4 Å². The van der Waals surface area contributed by atoms with Gasteiger partial charge in [-0.15, -0.1) is 0 Å². The summed E-state index contributed by atoms with van der Waals surface area (Å²) in [6.07, 6.45) is 5.71. The molecule has 1 amide bonds. The second-order valence-corrected chi connectivity index (χ2v) is 5.63. The predicted molar refractivity (Wildman–Crippen MR) is 89.7 cm³/mol. The molecule has 5 heteroatoms. The Balaban J connectivity index is 1.49. The van der Waals surface area contributed by atoms with Gasteiger partial charge in [0, 0.05) is 25.5 Å². The number of carbonyl (C=O) groups is 1. The van der Waals surface area contributed by atoms with E-state index >= 15 is 0 Å². The fourth-order valence-electron chi connectivity index (χ4n) is 2.40. The number of hydrogen-bond acceptors (Lipinski definition) is 2. The van der Waals surface area contributed by atoms with Crippen LogP contribution in [0.15, 0.2) is 67.3 Å². The Morgan fingerprint density at radius 3 is 2.33 bits per heavy atom. The number of rotatable bonds is 6. The number of nitrogens with zero attached hydrogens (tertiary/aromatic N) is 2. The molecule has 0 spiro atoms. The summed E-state index contributed by atoms with van der Waals surface area (Å²) in [5.74, 6) is -0.376. The van der Waals surface area contributed by atoms with E-state index in [1.54, 1.807) is 24.7 Å². The van der Waals surface area contributed by atoms with Gasteiger partial charge >= 0.3 is 0 Å². The van der Waals surface area contributed by atoms with Crippen molar-refractivity contribution >= 4 is 5.91 Å². The SMILES string of the molecule is O=C(Cc1ccc(F)cc1)NCc1ccc(Cn2ccnc2)cc1. The van der Waals surface area contributed by atoms with Crippen LogP contribution in [0.3, 0.4) is 0 Å². The number of amides is 1. The molecule has 0 aliphatic carbocycles. The Kier molecular flexibility index (Phi) is 5.01. The van der Waals surface area contributed by atoms with E-state index in [9.17, 15) is 9.18 Å². The lowest BCUT2D eigenvalue weighted by Crippen LogP contribution is -2.24. The van der Waals surface area contributed by atoms with Crippen molar-refractivity contribution in [1.82, 2.24) is 14.9 Å². The van der Waals surface area contributed by atoms with Crippen LogP contribution in [-0.4, -0.2) is 15.5 Å². The highest BCUT2D eigenvalue weighted by Crippen LogP contribution is 2.07. The summed E-state index contributed by atoms with van der Waals surface area (Å²) in [5.41, 5.74) is 3.01. The second-order valence-electron chi connectivity index (χ2n) is 5.63. The Labute approximate surface area is 140 Å². The topological polar surface area (TPSA) is 46.9 Å². The van der Waals surface area contributed by atoms with Crippen molar-refractivity contribution < 1.29 is 9.18 Å². The molecule has 1 N–H and O–H groups in total. The zero-order valence-electron chi connectivity index (χ0n) is 13.2. The minimum absolute atomic E-state index is 0.0795. The molecule has 2 aromatic carbocycles. The smallest absolute Gasteiger partial charge is 0.224 e. The first-order valence-corrected chi connectivity index (χ1v) is 7.74.